The van der Waals surface area contributed by atoms with Crippen LogP contribution in [0.25, 0.3) is 5.82 Å². The van der Waals surface area contributed by atoms with Crippen LogP contribution in [0.1, 0.15) is 15.9 Å². The maximum Gasteiger partial charge on any atom is 0.251 e. The van der Waals surface area contributed by atoms with E-state index in [-0.39, 0.29) is 12.7 Å². The summed E-state index contributed by atoms with van der Waals surface area (Å²) in [6, 6.07) is 9.15. The van der Waals surface area contributed by atoms with Crippen molar-refractivity contribution in [3.63, 3.8) is 0 Å². The number of nitrogens with zero attached hydrogens (tertiary/aromatic N) is 4. The zero-order chi connectivity index (χ0) is 17.1. The largest absolute Gasteiger partial charge is 0.454 e. The number of nitrogens with one attached hydrogen (secondary N) is 1. The molecule has 1 aromatic carbocycles. The third-order valence-corrected chi connectivity index (χ3v) is 3.83. The molecule has 1 N–H and O–H groups in total. The molecule has 0 atom stereocenters. The average molecular weight is 337 g/mol. The van der Waals surface area contributed by atoms with E-state index in [0.717, 1.165) is 17.1 Å². The Balaban J connectivity index is 1.37. The summed E-state index contributed by atoms with van der Waals surface area (Å²) in [5.74, 6) is 1.94. The van der Waals surface area contributed by atoms with Gasteiger partial charge in [0.05, 0.1) is 0 Å². The summed E-state index contributed by atoms with van der Waals surface area (Å²) in [5, 5.41) is 10.4. The molecule has 3 heterocycles. The van der Waals surface area contributed by atoms with Gasteiger partial charge < -0.3 is 14.8 Å². The second kappa shape index (κ2) is 6.60. The molecule has 0 unspecified atom stereocenters. The summed E-state index contributed by atoms with van der Waals surface area (Å²) in [6.07, 6.45) is 5.35. The van der Waals surface area contributed by atoms with Crippen LogP contribution in [0.3, 0.4) is 0 Å². The maximum atomic E-state index is 12.3. The lowest BCUT2D eigenvalue weighted by Crippen LogP contribution is -2.25. The zero-order valence-electron chi connectivity index (χ0n) is 13.3. The molecule has 0 aliphatic carbocycles. The number of ether oxygens (including phenoxy) is 2. The number of amides is 1. The summed E-state index contributed by atoms with van der Waals surface area (Å²) >= 11 is 0. The predicted molar refractivity (Wildman–Crippen MR) is 87.8 cm³/mol. The Morgan fingerprint density at radius 2 is 1.96 bits per heavy atom. The molecule has 3 aromatic rings. The van der Waals surface area contributed by atoms with Crippen molar-refractivity contribution in [2.45, 2.75) is 6.42 Å². The molecule has 25 heavy (non-hydrogen) atoms. The number of rotatable bonds is 5. The van der Waals surface area contributed by atoms with Gasteiger partial charge in [0, 0.05) is 18.3 Å². The maximum absolute atomic E-state index is 12.3. The average Bonchev–Trinajstić information content (AvgIpc) is 3.33. The van der Waals surface area contributed by atoms with Crippen molar-refractivity contribution < 1.29 is 14.3 Å². The van der Waals surface area contributed by atoms with Crippen molar-refractivity contribution >= 4 is 5.91 Å². The number of fused-ring (bicyclic) bond motifs is 1. The van der Waals surface area contributed by atoms with Crippen molar-refractivity contribution in [2.75, 3.05) is 13.3 Å². The summed E-state index contributed by atoms with van der Waals surface area (Å²) in [5.41, 5.74) is 1.61. The highest BCUT2D eigenvalue weighted by Crippen LogP contribution is 2.32. The van der Waals surface area contributed by atoms with Crippen molar-refractivity contribution in [2.24, 2.45) is 0 Å². The Labute approximate surface area is 143 Å². The van der Waals surface area contributed by atoms with E-state index in [4.69, 9.17) is 9.47 Å². The lowest BCUT2D eigenvalue weighted by Gasteiger charge is -2.07. The van der Waals surface area contributed by atoms with E-state index >= 15 is 0 Å². The van der Waals surface area contributed by atoms with Gasteiger partial charge in [-0.3, -0.25) is 9.36 Å². The molecule has 1 aliphatic heterocycles. The van der Waals surface area contributed by atoms with Crippen molar-refractivity contribution in [3.05, 3.63) is 60.3 Å². The highest BCUT2D eigenvalue weighted by molar-refractivity contribution is 5.94. The van der Waals surface area contributed by atoms with Gasteiger partial charge in [-0.25, -0.2) is 4.98 Å². The number of carbonyl (C=O) groups is 1. The lowest BCUT2D eigenvalue weighted by molar-refractivity contribution is 0.0954. The van der Waals surface area contributed by atoms with E-state index in [1.54, 1.807) is 22.9 Å². The Bertz CT molecular complexity index is 895. The van der Waals surface area contributed by atoms with Crippen LogP contribution in [0.4, 0.5) is 0 Å². The van der Waals surface area contributed by atoms with Gasteiger partial charge in [-0.05, 0) is 36.2 Å². The Morgan fingerprint density at radius 3 is 2.84 bits per heavy atom. The fraction of sp³-hybridized carbons (Fsp3) is 0.176. The van der Waals surface area contributed by atoms with Gasteiger partial charge in [0.15, 0.2) is 11.5 Å². The molecule has 0 fully saturated rings. The minimum absolute atomic E-state index is 0.155. The van der Waals surface area contributed by atoms with Crippen LogP contribution in [0.5, 0.6) is 11.5 Å². The summed E-state index contributed by atoms with van der Waals surface area (Å²) in [6.45, 7) is 0.773. The second-order valence-electron chi connectivity index (χ2n) is 5.47. The van der Waals surface area contributed by atoms with Crippen LogP contribution in [0.15, 0.2) is 49.2 Å². The van der Waals surface area contributed by atoms with Gasteiger partial charge in [-0.15, -0.1) is 10.2 Å². The quantitative estimate of drug-likeness (QED) is 0.756. The van der Waals surface area contributed by atoms with Crippen LogP contribution in [0, 0.1) is 0 Å². The van der Waals surface area contributed by atoms with Crippen LogP contribution in [-0.4, -0.2) is 39.0 Å². The molecule has 8 nitrogen and oxygen atoms in total. The molecular formula is C17H15N5O3. The molecule has 0 bridgehead atoms. The third kappa shape index (κ3) is 3.27. The third-order valence-electron chi connectivity index (χ3n) is 3.83. The van der Waals surface area contributed by atoms with Gasteiger partial charge in [-0.1, -0.05) is 6.07 Å². The summed E-state index contributed by atoms with van der Waals surface area (Å²) in [7, 11) is 0. The molecule has 126 valence electrons. The van der Waals surface area contributed by atoms with Crippen LogP contribution in [0.2, 0.25) is 0 Å². The highest BCUT2D eigenvalue weighted by atomic mass is 16.7. The second-order valence-corrected chi connectivity index (χ2v) is 5.47. The van der Waals surface area contributed by atoms with Gasteiger partial charge >= 0.3 is 0 Å². The molecule has 0 radical (unpaired) electrons. The van der Waals surface area contributed by atoms with E-state index in [1.807, 2.05) is 18.2 Å². The van der Waals surface area contributed by atoms with E-state index in [9.17, 15) is 4.79 Å². The van der Waals surface area contributed by atoms with Crippen molar-refractivity contribution in [1.29, 1.82) is 0 Å². The molecule has 2 aromatic heterocycles. The topological polar surface area (TPSA) is 91.2 Å². The summed E-state index contributed by atoms with van der Waals surface area (Å²) < 4.78 is 12.3. The fourth-order valence-electron chi connectivity index (χ4n) is 2.54. The molecule has 4 rings (SSSR count). The standard InChI is InChI=1S/C17H15N5O3/c23-17(13-4-6-18-16(8-13)22-9-20-21-10-22)19-5-3-12-1-2-14-15(7-12)25-11-24-14/h1-2,4,6-10H,3,5,11H2,(H,19,23). The Morgan fingerprint density at radius 1 is 1.12 bits per heavy atom. The van der Waals surface area contributed by atoms with Crippen molar-refractivity contribution in [1.82, 2.24) is 25.1 Å². The monoisotopic (exact) mass is 337 g/mol. The first-order valence-corrected chi connectivity index (χ1v) is 7.77. The first-order valence-electron chi connectivity index (χ1n) is 7.77. The van der Waals surface area contributed by atoms with E-state index < -0.39 is 0 Å². The number of carbonyl (C=O) groups excluding carboxylic acids is 1. The first-order chi connectivity index (χ1) is 12.3. The zero-order valence-corrected chi connectivity index (χ0v) is 13.3. The molecule has 0 spiro atoms. The van der Waals surface area contributed by atoms with Gasteiger partial charge in [0.25, 0.3) is 5.91 Å². The minimum atomic E-state index is -0.155. The Kier molecular flexibility index (Phi) is 3.99. The molecule has 8 heteroatoms. The van der Waals surface area contributed by atoms with E-state index in [1.165, 1.54) is 12.7 Å². The molecule has 1 aliphatic rings. The van der Waals surface area contributed by atoms with Crippen LogP contribution < -0.4 is 14.8 Å². The van der Waals surface area contributed by atoms with Crippen LogP contribution in [-0.2, 0) is 6.42 Å². The smallest absolute Gasteiger partial charge is 0.251 e. The normalized spacial score (nSPS) is 12.2. The van der Waals surface area contributed by atoms with Gasteiger partial charge in [-0.2, -0.15) is 0 Å². The van der Waals surface area contributed by atoms with E-state index in [2.05, 4.69) is 20.5 Å². The SMILES string of the molecule is O=C(NCCc1ccc2c(c1)OCO2)c1ccnc(-n2cnnc2)c1. The lowest BCUT2D eigenvalue weighted by atomic mass is 10.1. The number of hydrogen-bond acceptors (Lipinski definition) is 6. The Hall–Kier alpha value is -3.42. The van der Waals surface area contributed by atoms with Gasteiger partial charge in [0.1, 0.15) is 18.5 Å². The highest BCUT2D eigenvalue weighted by Gasteiger charge is 2.13. The fourth-order valence-corrected chi connectivity index (χ4v) is 2.54. The summed E-state index contributed by atoms with van der Waals surface area (Å²) in [4.78, 5) is 16.5. The number of pyridine rings is 1. The number of benzene rings is 1. The number of aromatic nitrogens is 4. The van der Waals surface area contributed by atoms with Crippen molar-refractivity contribution in [3.8, 4) is 17.3 Å². The molecular weight excluding hydrogens is 322 g/mol. The first kappa shape index (κ1) is 15.1. The molecule has 1 amide bonds. The van der Waals surface area contributed by atoms with E-state index in [0.29, 0.717) is 24.3 Å². The van der Waals surface area contributed by atoms with Crippen LogP contribution >= 0.6 is 0 Å². The van der Waals surface area contributed by atoms with Gasteiger partial charge in [0.2, 0.25) is 6.79 Å². The molecule has 0 saturated heterocycles. The molecule has 0 saturated carbocycles. The number of hydrogen-bond donors (Lipinski definition) is 1. The predicted octanol–water partition coefficient (Wildman–Crippen LogP) is 1.36. The minimum Gasteiger partial charge on any atom is -0.454 e.